The third-order valence-corrected chi connectivity index (χ3v) is 2.99. The van der Waals surface area contributed by atoms with E-state index in [1.807, 2.05) is 11.4 Å². The summed E-state index contributed by atoms with van der Waals surface area (Å²) >= 11 is 0. The van der Waals surface area contributed by atoms with Crippen LogP contribution in [0.2, 0.25) is 0 Å². The van der Waals surface area contributed by atoms with Crippen LogP contribution < -0.4 is 16.0 Å². The minimum Gasteiger partial charge on any atom is -0.455 e. The van der Waals surface area contributed by atoms with E-state index in [9.17, 15) is 19.2 Å². The lowest BCUT2D eigenvalue weighted by Crippen LogP contribution is -2.44. The minimum atomic E-state index is -0.734. The molecule has 0 fully saturated rings. The van der Waals surface area contributed by atoms with Crippen molar-refractivity contribution in [1.29, 1.82) is 0 Å². The van der Waals surface area contributed by atoms with Gasteiger partial charge in [0.1, 0.15) is 0 Å². The van der Waals surface area contributed by atoms with Crippen LogP contribution in [0.5, 0.6) is 0 Å². The zero-order chi connectivity index (χ0) is 18.8. The Morgan fingerprint density at radius 1 is 1.04 bits per heavy atom. The van der Waals surface area contributed by atoms with Crippen LogP contribution in [0.25, 0.3) is 0 Å². The van der Waals surface area contributed by atoms with Crippen LogP contribution in [0.3, 0.4) is 0 Å². The summed E-state index contributed by atoms with van der Waals surface area (Å²) in [6.45, 7) is 4.26. The quantitative estimate of drug-likeness (QED) is 0.636. The molecule has 0 aliphatic rings. The van der Waals surface area contributed by atoms with Crippen molar-refractivity contribution in [3.8, 4) is 0 Å². The molecule has 0 bridgehead atoms. The molecule has 0 saturated carbocycles. The number of hydrogen-bond donors (Lipinski definition) is 3. The molecule has 25 heavy (non-hydrogen) atoms. The van der Waals surface area contributed by atoms with Crippen molar-refractivity contribution in [1.82, 2.24) is 16.0 Å². The SMILES string of the molecule is CC(=O)N[C@H](CC(=O)OCC(=O)NC(=O)NC(C)C)c1ccccc1. The third-order valence-electron chi connectivity index (χ3n) is 2.99. The van der Waals surface area contributed by atoms with Crippen molar-refractivity contribution >= 4 is 23.8 Å². The summed E-state index contributed by atoms with van der Waals surface area (Å²) in [4.78, 5) is 46.2. The van der Waals surface area contributed by atoms with Crippen LogP contribution >= 0.6 is 0 Å². The molecule has 0 heterocycles. The zero-order valence-corrected chi connectivity index (χ0v) is 14.5. The molecular formula is C17H23N3O5. The van der Waals surface area contributed by atoms with Gasteiger partial charge in [0, 0.05) is 13.0 Å². The van der Waals surface area contributed by atoms with Crippen LogP contribution in [-0.4, -0.2) is 36.5 Å². The second kappa shape index (κ2) is 10.1. The Balaban J connectivity index is 2.51. The van der Waals surface area contributed by atoms with Gasteiger partial charge in [-0.3, -0.25) is 19.7 Å². The van der Waals surface area contributed by atoms with Crippen LogP contribution in [0.1, 0.15) is 38.8 Å². The first-order valence-electron chi connectivity index (χ1n) is 7.86. The standard InChI is InChI=1S/C17H23N3O5/c1-11(2)18-17(24)20-15(22)10-25-16(23)9-14(19-12(3)21)13-7-5-4-6-8-13/h4-8,11,14H,9-10H2,1-3H3,(H,19,21)(H2,18,20,22,24)/t14-/m1/s1. The average Bonchev–Trinajstić information content (AvgIpc) is 2.52. The van der Waals surface area contributed by atoms with Crippen molar-refractivity contribution in [2.45, 2.75) is 39.3 Å². The highest BCUT2D eigenvalue weighted by Crippen LogP contribution is 2.17. The van der Waals surface area contributed by atoms with E-state index in [1.165, 1.54) is 6.92 Å². The molecule has 0 unspecified atom stereocenters. The summed E-state index contributed by atoms with van der Waals surface area (Å²) in [6, 6.07) is 7.61. The Kier molecular flexibility index (Phi) is 8.11. The maximum Gasteiger partial charge on any atom is 0.321 e. The topological polar surface area (TPSA) is 114 Å². The lowest BCUT2D eigenvalue weighted by molar-refractivity contribution is -0.148. The second-order valence-electron chi connectivity index (χ2n) is 5.70. The van der Waals surface area contributed by atoms with Crippen LogP contribution in [0, 0.1) is 0 Å². The van der Waals surface area contributed by atoms with Crippen molar-refractivity contribution in [3.05, 3.63) is 35.9 Å². The fourth-order valence-electron chi connectivity index (χ4n) is 2.02. The predicted octanol–water partition coefficient (Wildman–Crippen LogP) is 1.03. The molecular weight excluding hydrogens is 326 g/mol. The fourth-order valence-corrected chi connectivity index (χ4v) is 2.02. The van der Waals surface area contributed by atoms with Crippen LogP contribution in [-0.2, 0) is 19.1 Å². The van der Waals surface area contributed by atoms with Gasteiger partial charge >= 0.3 is 12.0 Å². The van der Waals surface area contributed by atoms with Gasteiger partial charge < -0.3 is 15.4 Å². The lowest BCUT2D eigenvalue weighted by Gasteiger charge is -2.17. The van der Waals surface area contributed by atoms with Gasteiger partial charge in [0.2, 0.25) is 5.91 Å². The Labute approximate surface area is 146 Å². The number of esters is 1. The molecule has 0 radical (unpaired) electrons. The minimum absolute atomic E-state index is 0.125. The molecule has 3 N–H and O–H groups in total. The highest BCUT2D eigenvalue weighted by molar-refractivity contribution is 5.95. The van der Waals surface area contributed by atoms with Gasteiger partial charge in [-0.1, -0.05) is 30.3 Å². The molecule has 4 amide bonds. The van der Waals surface area contributed by atoms with Crippen molar-refractivity contribution in [2.75, 3.05) is 6.61 Å². The molecule has 1 aromatic rings. The lowest BCUT2D eigenvalue weighted by atomic mass is 10.0. The average molecular weight is 349 g/mol. The molecule has 136 valence electrons. The van der Waals surface area contributed by atoms with E-state index >= 15 is 0 Å². The van der Waals surface area contributed by atoms with E-state index in [2.05, 4.69) is 10.6 Å². The van der Waals surface area contributed by atoms with E-state index in [1.54, 1.807) is 38.1 Å². The summed E-state index contributed by atoms with van der Waals surface area (Å²) in [5, 5.41) is 7.19. The first kappa shape index (κ1) is 20.1. The molecule has 1 atom stereocenters. The van der Waals surface area contributed by atoms with E-state index in [0.29, 0.717) is 0 Å². The Morgan fingerprint density at radius 3 is 2.24 bits per heavy atom. The van der Waals surface area contributed by atoms with E-state index < -0.39 is 30.6 Å². The van der Waals surface area contributed by atoms with Gasteiger partial charge in [-0.2, -0.15) is 0 Å². The number of ether oxygens (including phenoxy) is 1. The summed E-state index contributed by atoms with van der Waals surface area (Å²) in [5.74, 6) is -1.69. The maximum absolute atomic E-state index is 11.9. The van der Waals surface area contributed by atoms with Crippen molar-refractivity contribution in [3.63, 3.8) is 0 Å². The Hall–Kier alpha value is -2.90. The smallest absolute Gasteiger partial charge is 0.321 e. The third kappa shape index (κ3) is 8.50. The number of amides is 4. The number of hydrogen-bond acceptors (Lipinski definition) is 5. The normalized spacial score (nSPS) is 11.4. The molecule has 0 aliphatic heterocycles. The van der Waals surface area contributed by atoms with Crippen LogP contribution in [0.15, 0.2) is 30.3 Å². The van der Waals surface area contributed by atoms with Gasteiger partial charge in [0.15, 0.2) is 6.61 Å². The molecule has 0 aromatic heterocycles. The maximum atomic E-state index is 11.9. The number of rotatable bonds is 7. The number of carbonyl (C=O) groups excluding carboxylic acids is 4. The number of carbonyl (C=O) groups is 4. The first-order valence-corrected chi connectivity index (χ1v) is 7.86. The molecule has 0 aliphatic carbocycles. The largest absolute Gasteiger partial charge is 0.455 e. The number of benzene rings is 1. The summed E-state index contributed by atoms with van der Waals surface area (Å²) in [5.41, 5.74) is 0.746. The number of urea groups is 1. The van der Waals surface area contributed by atoms with E-state index in [4.69, 9.17) is 4.74 Å². The monoisotopic (exact) mass is 349 g/mol. The fraction of sp³-hybridized carbons (Fsp3) is 0.412. The predicted molar refractivity (Wildman–Crippen MR) is 90.4 cm³/mol. The highest BCUT2D eigenvalue weighted by Gasteiger charge is 2.19. The molecule has 8 nitrogen and oxygen atoms in total. The van der Waals surface area contributed by atoms with Gasteiger partial charge in [-0.05, 0) is 19.4 Å². The van der Waals surface area contributed by atoms with Crippen LogP contribution in [0.4, 0.5) is 4.79 Å². The molecule has 8 heteroatoms. The molecule has 1 aromatic carbocycles. The van der Waals surface area contributed by atoms with Crippen molar-refractivity contribution in [2.24, 2.45) is 0 Å². The Bertz CT molecular complexity index is 616. The van der Waals surface area contributed by atoms with Gasteiger partial charge in [-0.25, -0.2) is 4.79 Å². The van der Waals surface area contributed by atoms with Crippen molar-refractivity contribution < 1.29 is 23.9 Å². The van der Waals surface area contributed by atoms with Gasteiger partial charge in [0.25, 0.3) is 5.91 Å². The zero-order valence-electron chi connectivity index (χ0n) is 14.5. The molecule has 0 spiro atoms. The van der Waals surface area contributed by atoms with Gasteiger partial charge in [0.05, 0.1) is 12.5 Å². The number of imide groups is 1. The number of nitrogens with one attached hydrogen (secondary N) is 3. The molecule has 1 rings (SSSR count). The summed E-state index contributed by atoms with van der Waals surface area (Å²) < 4.78 is 4.86. The van der Waals surface area contributed by atoms with Gasteiger partial charge in [-0.15, -0.1) is 0 Å². The second-order valence-corrected chi connectivity index (χ2v) is 5.70. The highest BCUT2D eigenvalue weighted by atomic mass is 16.5. The summed E-state index contributed by atoms with van der Waals surface area (Å²) in [7, 11) is 0. The van der Waals surface area contributed by atoms with E-state index in [-0.39, 0.29) is 18.4 Å². The first-order chi connectivity index (χ1) is 11.8. The molecule has 0 saturated heterocycles. The Morgan fingerprint density at radius 2 is 1.68 bits per heavy atom. The van der Waals surface area contributed by atoms with E-state index in [0.717, 1.165) is 5.56 Å². The summed E-state index contributed by atoms with van der Waals surface area (Å²) in [6.07, 6.45) is -0.130.